The summed E-state index contributed by atoms with van der Waals surface area (Å²) in [6.45, 7) is 9.17. The Morgan fingerprint density at radius 3 is 2.52 bits per heavy atom. The molecule has 0 spiro atoms. The fourth-order valence-electron chi connectivity index (χ4n) is 3.68. The number of carbonyl (C=O) groups excluding carboxylic acids is 1. The lowest BCUT2D eigenvalue weighted by atomic mass is 10.1. The van der Waals surface area contributed by atoms with Gasteiger partial charge in [0.2, 0.25) is 5.91 Å². The molecule has 0 fully saturated rings. The van der Waals surface area contributed by atoms with Crippen LogP contribution in [0.3, 0.4) is 0 Å². The summed E-state index contributed by atoms with van der Waals surface area (Å²) in [7, 11) is 0. The van der Waals surface area contributed by atoms with E-state index in [0.29, 0.717) is 19.5 Å². The van der Waals surface area contributed by atoms with Crippen molar-refractivity contribution >= 4 is 17.7 Å². The van der Waals surface area contributed by atoms with E-state index in [-0.39, 0.29) is 11.7 Å². The van der Waals surface area contributed by atoms with Gasteiger partial charge < -0.3 is 9.88 Å². The fourth-order valence-corrected chi connectivity index (χ4v) is 4.58. The minimum atomic E-state index is -0.277. The smallest absolute Gasteiger partial charge is 0.220 e. The van der Waals surface area contributed by atoms with Crippen LogP contribution in [-0.4, -0.2) is 20.7 Å². The molecule has 1 aromatic heterocycles. The largest absolute Gasteiger partial charge is 0.352 e. The predicted octanol–water partition coefficient (Wildman–Crippen LogP) is 5.54. The third kappa shape index (κ3) is 7.86. The van der Waals surface area contributed by atoms with Crippen LogP contribution in [0, 0.1) is 19.7 Å². The lowest BCUT2D eigenvalue weighted by molar-refractivity contribution is -0.121. The molecule has 1 amide bonds. The first-order chi connectivity index (χ1) is 15.9. The highest BCUT2D eigenvalue weighted by molar-refractivity contribution is 7.98. The molecule has 0 aliphatic carbocycles. The second kappa shape index (κ2) is 12.3. The van der Waals surface area contributed by atoms with Gasteiger partial charge in [0.1, 0.15) is 11.6 Å². The van der Waals surface area contributed by atoms with Gasteiger partial charge in [-0.15, -0.1) is 16.8 Å². The average molecular weight is 467 g/mol. The summed E-state index contributed by atoms with van der Waals surface area (Å²) < 4.78 is 15.1. The molecule has 5 nitrogen and oxygen atoms in total. The van der Waals surface area contributed by atoms with Gasteiger partial charge in [0.15, 0.2) is 5.16 Å². The summed E-state index contributed by atoms with van der Waals surface area (Å²) in [4.78, 5) is 12.1. The number of thioether (sulfide) groups is 1. The van der Waals surface area contributed by atoms with Crippen LogP contribution in [0.1, 0.15) is 47.3 Å². The molecule has 1 N–H and O–H groups in total. The van der Waals surface area contributed by atoms with Gasteiger partial charge in [-0.05, 0) is 49.9 Å². The second-order valence-corrected chi connectivity index (χ2v) is 9.14. The Morgan fingerprint density at radius 1 is 1.09 bits per heavy atom. The molecule has 0 saturated carbocycles. The summed E-state index contributed by atoms with van der Waals surface area (Å²) in [6.07, 6.45) is 4.68. The van der Waals surface area contributed by atoms with Gasteiger partial charge in [0, 0.05) is 31.7 Å². The summed E-state index contributed by atoms with van der Waals surface area (Å²) in [5.41, 5.74) is 4.69. The topological polar surface area (TPSA) is 59.8 Å². The third-order valence-electron chi connectivity index (χ3n) is 5.21. The molecule has 0 aliphatic rings. The highest BCUT2D eigenvalue weighted by Crippen LogP contribution is 2.24. The molecule has 0 radical (unpaired) electrons. The molecule has 174 valence electrons. The summed E-state index contributed by atoms with van der Waals surface area (Å²) >= 11 is 1.68. The maximum absolute atomic E-state index is 13.0. The van der Waals surface area contributed by atoms with E-state index in [2.05, 4.69) is 58.7 Å². The van der Waals surface area contributed by atoms with Gasteiger partial charge in [-0.2, -0.15) is 0 Å². The van der Waals surface area contributed by atoms with Crippen molar-refractivity contribution < 1.29 is 9.18 Å². The lowest BCUT2D eigenvalue weighted by Gasteiger charge is -2.09. The molecule has 0 atom stereocenters. The number of allylic oxidation sites excluding steroid dienone is 1. The molecule has 2 aromatic carbocycles. The first-order valence-corrected chi connectivity index (χ1v) is 12.2. The molecule has 3 rings (SSSR count). The van der Waals surface area contributed by atoms with Crippen molar-refractivity contribution in [2.45, 2.75) is 63.5 Å². The molecule has 1 heterocycles. The zero-order valence-corrected chi connectivity index (χ0v) is 20.1. The number of nitrogens with one attached hydrogen (secondary N) is 1. The number of unbranched alkanes of at least 4 members (excludes halogenated alkanes) is 1. The minimum Gasteiger partial charge on any atom is -0.352 e. The number of halogens is 1. The van der Waals surface area contributed by atoms with E-state index < -0.39 is 0 Å². The first-order valence-electron chi connectivity index (χ1n) is 11.2. The highest BCUT2D eigenvalue weighted by atomic mass is 32.2. The summed E-state index contributed by atoms with van der Waals surface area (Å²) in [6, 6.07) is 12.7. The van der Waals surface area contributed by atoms with Gasteiger partial charge in [-0.3, -0.25) is 4.79 Å². The van der Waals surface area contributed by atoms with E-state index >= 15 is 0 Å². The van der Waals surface area contributed by atoms with Crippen molar-refractivity contribution in [2.75, 3.05) is 0 Å². The van der Waals surface area contributed by atoms with Crippen molar-refractivity contribution in [1.29, 1.82) is 0 Å². The molecule has 0 unspecified atom stereocenters. The Kier molecular flexibility index (Phi) is 9.24. The number of carbonyl (C=O) groups is 1. The minimum absolute atomic E-state index is 0.00317. The molecule has 7 heteroatoms. The van der Waals surface area contributed by atoms with Crippen LogP contribution in [0.4, 0.5) is 4.39 Å². The quantitative estimate of drug-likeness (QED) is 0.216. The standard InChI is InChI=1S/C26H31FN4OS/c1-4-13-31-24(29-30-26(31)33-18-22-15-19(2)14-20(3)16-22)7-5-6-8-25(32)28-17-21-9-11-23(27)12-10-21/h4,9-12,14-16H,1,5-8,13,17-18H2,2-3H3,(H,28,32). The van der Waals surface area contributed by atoms with Crippen molar-refractivity contribution in [3.8, 4) is 0 Å². The molecular formula is C26H31FN4OS. The van der Waals surface area contributed by atoms with Crippen LogP contribution in [0.25, 0.3) is 0 Å². The average Bonchev–Trinajstić information content (AvgIpc) is 3.16. The summed E-state index contributed by atoms with van der Waals surface area (Å²) in [5.74, 6) is 1.48. The Bertz CT molecular complexity index is 1060. The van der Waals surface area contributed by atoms with E-state index in [9.17, 15) is 9.18 Å². The third-order valence-corrected chi connectivity index (χ3v) is 6.25. The summed E-state index contributed by atoms with van der Waals surface area (Å²) in [5, 5.41) is 12.6. The Hall–Kier alpha value is -2.93. The SMILES string of the molecule is C=CCn1c(CCCCC(=O)NCc2ccc(F)cc2)nnc1SCc1cc(C)cc(C)c1. The van der Waals surface area contributed by atoms with E-state index in [1.807, 2.05) is 6.08 Å². The van der Waals surface area contributed by atoms with Crippen LogP contribution in [-0.2, 0) is 30.1 Å². The van der Waals surface area contributed by atoms with Crippen LogP contribution in [0.5, 0.6) is 0 Å². The zero-order chi connectivity index (χ0) is 23.6. The number of hydrogen-bond donors (Lipinski definition) is 1. The maximum Gasteiger partial charge on any atom is 0.220 e. The van der Waals surface area contributed by atoms with E-state index in [1.165, 1.54) is 28.8 Å². The predicted molar refractivity (Wildman–Crippen MR) is 131 cm³/mol. The van der Waals surface area contributed by atoms with Gasteiger partial charge in [-0.25, -0.2) is 4.39 Å². The molecular weight excluding hydrogens is 435 g/mol. The monoisotopic (exact) mass is 466 g/mol. The van der Waals surface area contributed by atoms with Crippen LogP contribution in [0.2, 0.25) is 0 Å². The van der Waals surface area contributed by atoms with Crippen molar-refractivity contribution in [1.82, 2.24) is 20.1 Å². The first kappa shape index (κ1) is 24.7. The Balaban J connectivity index is 1.46. The van der Waals surface area contributed by atoms with Gasteiger partial charge in [-0.1, -0.05) is 59.3 Å². The van der Waals surface area contributed by atoms with Crippen LogP contribution < -0.4 is 5.32 Å². The molecule has 33 heavy (non-hydrogen) atoms. The lowest BCUT2D eigenvalue weighted by Crippen LogP contribution is -2.22. The Labute approximate surface area is 199 Å². The zero-order valence-electron chi connectivity index (χ0n) is 19.3. The van der Waals surface area contributed by atoms with Crippen LogP contribution in [0.15, 0.2) is 60.3 Å². The molecule has 3 aromatic rings. The normalized spacial score (nSPS) is 10.9. The molecule has 0 saturated heterocycles. The van der Waals surface area contributed by atoms with Crippen molar-refractivity contribution in [2.24, 2.45) is 0 Å². The Morgan fingerprint density at radius 2 is 1.82 bits per heavy atom. The van der Waals surface area contributed by atoms with Crippen LogP contribution >= 0.6 is 11.8 Å². The van der Waals surface area contributed by atoms with Gasteiger partial charge in [0.05, 0.1) is 0 Å². The van der Waals surface area contributed by atoms with E-state index in [1.54, 1.807) is 23.9 Å². The van der Waals surface area contributed by atoms with E-state index in [0.717, 1.165) is 41.6 Å². The van der Waals surface area contributed by atoms with Gasteiger partial charge in [0.25, 0.3) is 0 Å². The van der Waals surface area contributed by atoms with E-state index in [4.69, 9.17) is 0 Å². The van der Waals surface area contributed by atoms with Gasteiger partial charge >= 0.3 is 0 Å². The van der Waals surface area contributed by atoms with Crippen molar-refractivity contribution in [3.63, 3.8) is 0 Å². The fraction of sp³-hybridized carbons (Fsp3) is 0.346. The number of hydrogen-bond acceptors (Lipinski definition) is 4. The number of rotatable bonds is 12. The van der Waals surface area contributed by atoms with Crippen molar-refractivity contribution in [3.05, 3.63) is 89.0 Å². The number of benzene rings is 2. The number of amides is 1. The second-order valence-electron chi connectivity index (χ2n) is 8.19. The number of aryl methyl sites for hydroxylation is 3. The molecule has 0 aliphatic heterocycles. The maximum atomic E-state index is 13.0. The highest BCUT2D eigenvalue weighted by Gasteiger charge is 2.12. The molecule has 0 bridgehead atoms. The number of aromatic nitrogens is 3. The number of nitrogens with zero attached hydrogens (tertiary/aromatic N) is 3.